The summed E-state index contributed by atoms with van der Waals surface area (Å²) in [6.45, 7) is 0. The Morgan fingerprint density at radius 3 is 2.56 bits per heavy atom. The van der Waals surface area contributed by atoms with Crippen molar-refractivity contribution in [1.82, 2.24) is 0 Å². The van der Waals surface area contributed by atoms with Crippen molar-refractivity contribution in [2.24, 2.45) is 5.16 Å². The Bertz CT molecular complexity index is 462. The molecule has 0 saturated carbocycles. The number of hydrogen-bond donors (Lipinski definition) is 1. The highest BCUT2D eigenvalue weighted by atomic mass is 35.5. The second-order valence-corrected chi connectivity index (χ2v) is 3.43. The van der Waals surface area contributed by atoms with Gasteiger partial charge < -0.3 is 9.94 Å². The van der Waals surface area contributed by atoms with E-state index in [1.54, 1.807) is 0 Å². The van der Waals surface area contributed by atoms with Crippen molar-refractivity contribution >= 4 is 34.3 Å². The molecule has 0 amide bonds. The summed E-state index contributed by atoms with van der Waals surface area (Å²) in [5, 5.41) is 10.6. The van der Waals surface area contributed by atoms with E-state index in [-0.39, 0.29) is 16.1 Å². The molecule has 0 aromatic heterocycles. The normalized spacial score (nSPS) is 11.4. The van der Waals surface area contributed by atoms with Crippen molar-refractivity contribution in [3.8, 4) is 0 Å². The van der Waals surface area contributed by atoms with E-state index >= 15 is 0 Å². The van der Waals surface area contributed by atoms with Crippen molar-refractivity contribution in [2.75, 3.05) is 7.11 Å². The maximum atomic E-state index is 13.1. The fourth-order valence-electron chi connectivity index (χ4n) is 1.05. The number of carbonyl (C=O) groups excluding carboxylic acids is 1. The molecular formula is C9H6Cl2FNO3. The largest absolute Gasteiger partial charge is 0.465 e. The predicted octanol–water partition coefficient (Wildman–Crippen LogP) is 2.64. The number of rotatable bonds is 2. The van der Waals surface area contributed by atoms with Gasteiger partial charge in [0.05, 0.1) is 17.7 Å². The Hall–Kier alpha value is -1.33. The summed E-state index contributed by atoms with van der Waals surface area (Å²) >= 11 is 11.3. The van der Waals surface area contributed by atoms with E-state index in [4.69, 9.17) is 28.4 Å². The smallest absolute Gasteiger partial charge is 0.339 e. The van der Waals surface area contributed by atoms with Crippen molar-refractivity contribution in [3.05, 3.63) is 34.1 Å². The minimum absolute atomic E-state index is 0.0915. The molecule has 1 rings (SSSR count). The van der Waals surface area contributed by atoms with Gasteiger partial charge in [0.2, 0.25) is 0 Å². The molecule has 1 aromatic rings. The van der Waals surface area contributed by atoms with Gasteiger partial charge in [0, 0.05) is 5.56 Å². The lowest BCUT2D eigenvalue weighted by molar-refractivity contribution is 0.0600. The molecule has 0 heterocycles. The number of ether oxygens (including phenoxy) is 1. The molecule has 0 aliphatic heterocycles. The maximum Gasteiger partial charge on any atom is 0.339 e. The molecule has 0 spiro atoms. The number of nitrogens with zero attached hydrogens (tertiary/aromatic N) is 1. The average Bonchev–Trinajstić information content (AvgIpc) is 2.29. The Morgan fingerprint density at radius 1 is 1.50 bits per heavy atom. The van der Waals surface area contributed by atoms with Crippen LogP contribution in [0.4, 0.5) is 4.39 Å². The van der Waals surface area contributed by atoms with Gasteiger partial charge in [-0.05, 0) is 12.1 Å². The van der Waals surface area contributed by atoms with Crippen LogP contribution in [0, 0.1) is 5.82 Å². The third-order valence-electron chi connectivity index (χ3n) is 1.75. The molecule has 4 nitrogen and oxygen atoms in total. The fourth-order valence-corrected chi connectivity index (χ4v) is 1.52. The lowest BCUT2D eigenvalue weighted by Crippen LogP contribution is -2.06. The molecule has 1 N–H and O–H groups in total. The maximum absolute atomic E-state index is 13.1. The number of esters is 1. The SMILES string of the molecule is COC(=O)c1cc(F)cc(/C(Cl)=N/O)c1Cl. The summed E-state index contributed by atoms with van der Waals surface area (Å²) in [6.07, 6.45) is 0. The summed E-state index contributed by atoms with van der Waals surface area (Å²) < 4.78 is 17.5. The van der Waals surface area contributed by atoms with E-state index in [2.05, 4.69) is 9.89 Å². The first-order valence-corrected chi connectivity index (χ1v) is 4.72. The zero-order valence-electron chi connectivity index (χ0n) is 8.00. The van der Waals surface area contributed by atoms with Crippen molar-refractivity contribution < 1.29 is 19.1 Å². The Balaban J connectivity index is 3.43. The van der Waals surface area contributed by atoms with E-state index in [1.165, 1.54) is 0 Å². The van der Waals surface area contributed by atoms with Crippen LogP contribution in [0.1, 0.15) is 15.9 Å². The predicted molar refractivity (Wildman–Crippen MR) is 56.9 cm³/mol. The first kappa shape index (κ1) is 12.7. The van der Waals surface area contributed by atoms with E-state index < -0.39 is 17.0 Å². The lowest BCUT2D eigenvalue weighted by atomic mass is 10.1. The molecule has 16 heavy (non-hydrogen) atoms. The molecule has 7 heteroatoms. The molecule has 0 aliphatic carbocycles. The van der Waals surface area contributed by atoms with Crippen LogP contribution in [-0.2, 0) is 4.74 Å². The molecular weight excluding hydrogens is 260 g/mol. The Morgan fingerprint density at radius 2 is 2.06 bits per heavy atom. The van der Waals surface area contributed by atoms with E-state index in [9.17, 15) is 9.18 Å². The Labute approximate surface area is 100 Å². The van der Waals surface area contributed by atoms with Gasteiger partial charge in [-0.25, -0.2) is 9.18 Å². The Kier molecular flexibility index (Phi) is 4.09. The molecule has 0 aliphatic rings. The van der Waals surface area contributed by atoms with Gasteiger partial charge in [-0.15, -0.1) is 0 Å². The highest BCUT2D eigenvalue weighted by molar-refractivity contribution is 6.70. The van der Waals surface area contributed by atoms with Crippen molar-refractivity contribution in [1.29, 1.82) is 0 Å². The number of oxime groups is 1. The van der Waals surface area contributed by atoms with Crippen LogP contribution in [0.15, 0.2) is 17.3 Å². The van der Waals surface area contributed by atoms with Crippen LogP contribution >= 0.6 is 23.2 Å². The molecule has 0 bridgehead atoms. The van der Waals surface area contributed by atoms with Gasteiger partial charge in [-0.2, -0.15) is 0 Å². The molecule has 1 aromatic carbocycles. The quantitative estimate of drug-likeness (QED) is 0.387. The van der Waals surface area contributed by atoms with Crippen LogP contribution in [0.25, 0.3) is 0 Å². The third kappa shape index (κ3) is 2.43. The van der Waals surface area contributed by atoms with Gasteiger partial charge in [-0.1, -0.05) is 28.4 Å². The zero-order chi connectivity index (χ0) is 12.3. The second-order valence-electron chi connectivity index (χ2n) is 2.70. The molecule has 0 fully saturated rings. The molecule has 0 radical (unpaired) electrons. The number of halogens is 3. The molecule has 0 saturated heterocycles. The van der Waals surface area contributed by atoms with E-state index in [0.717, 1.165) is 19.2 Å². The molecule has 0 unspecified atom stereocenters. The van der Waals surface area contributed by atoms with Crippen LogP contribution in [0.3, 0.4) is 0 Å². The average molecular weight is 266 g/mol. The van der Waals surface area contributed by atoms with Crippen molar-refractivity contribution in [2.45, 2.75) is 0 Å². The number of methoxy groups -OCH3 is 1. The summed E-state index contributed by atoms with van der Waals surface area (Å²) in [7, 11) is 1.13. The fraction of sp³-hybridized carbons (Fsp3) is 0.111. The summed E-state index contributed by atoms with van der Waals surface area (Å²) in [4.78, 5) is 11.2. The van der Waals surface area contributed by atoms with Gasteiger partial charge in [0.25, 0.3) is 0 Å². The number of hydrogen-bond acceptors (Lipinski definition) is 4. The van der Waals surface area contributed by atoms with Gasteiger partial charge in [0.1, 0.15) is 5.82 Å². The van der Waals surface area contributed by atoms with Crippen LogP contribution < -0.4 is 0 Å². The first-order valence-electron chi connectivity index (χ1n) is 3.96. The second kappa shape index (κ2) is 5.14. The standard InChI is InChI=1S/C9H6Cl2FNO3/c1-16-9(14)6-3-4(12)2-5(7(6)10)8(11)13-15/h2-3,15H,1H3/b13-8-. The molecule has 86 valence electrons. The van der Waals surface area contributed by atoms with Gasteiger partial charge >= 0.3 is 5.97 Å². The minimum atomic E-state index is -0.812. The summed E-state index contributed by atoms with van der Waals surface area (Å²) in [5.41, 5.74) is -0.285. The lowest BCUT2D eigenvalue weighted by Gasteiger charge is -2.06. The summed E-state index contributed by atoms with van der Waals surface area (Å²) in [6, 6.07) is 1.84. The van der Waals surface area contributed by atoms with Gasteiger partial charge in [-0.3, -0.25) is 0 Å². The van der Waals surface area contributed by atoms with Gasteiger partial charge in [0.15, 0.2) is 5.17 Å². The number of carbonyl (C=O) groups is 1. The van der Waals surface area contributed by atoms with Crippen LogP contribution in [0.2, 0.25) is 5.02 Å². The van der Waals surface area contributed by atoms with E-state index in [0.29, 0.717) is 0 Å². The first-order chi connectivity index (χ1) is 7.51. The van der Waals surface area contributed by atoms with Crippen molar-refractivity contribution in [3.63, 3.8) is 0 Å². The monoisotopic (exact) mass is 265 g/mol. The van der Waals surface area contributed by atoms with E-state index in [1.807, 2.05) is 0 Å². The molecule has 0 atom stereocenters. The third-order valence-corrected chi connectivity index (χ3v) is 2.44. The van der Waals surface area contributed by atoms with Crippen LogP contribution in [0.5, 0.6) is 0 Å². The topological polar surface area (TPSA) is 58.9 Å². The van der Waals surface area contributed by atoms with Crippen LogP contribution in [-0.4, -0.2) is 23.5 Å². The minimum Gasteiger partial charge on any atom is -0.465 e. The summed E-state index contributed by atoms with van der Waals surface area (Å²) in [5.74, 6) is -1.56. The highest BCUT2D eigenvalue weighted by Crippen LogP contribution is 2.25. The zero-order valence-corrected chi connectivity index (χ0v) is 9.51. The highest BCUT2D eigenvalue weighted by Gasteiger charge is 2.18. The number of benzene rings is 1.